The van der Waals surface area contributed by atoms with Crippen molar-refractivity contribution in [3.05, 3.63) is 0 Å². The molecule has 0 aromatic heterocycles. The van der Waals surface area contributed by atoms with Crippen molar-refractivity contribution in [2.75, 3.05) is 6.61 Å². The van der Waals surface area contributed by atoms with Crippen LogP contribution in [-0.2, 0) is 0 Å². The van der Waals surface area contributed by atoms with Crippen LogP contribution in [0, 0.1) is 22.7 Å². The van der Waals surface area contributed by atoms with Gasteiger partial charge in [0.25, 0.3) is 0 Å². The minimum Gasteiger partial charge on any atom is -0.396 e. The molecule has 0 aromatic rings. The van der Waals surface area contributed by atoms with Crippen LogP contribution in [0.15, 0.2) is 0 Å². The highest BCUT2D eigenvalue weighted by atomic mass is 16.3. The summed E-state index contributed by atoms with van der Waals surface area (Å²) in [5, 5.41) is 9.50. The molecule has 0 amide bonds. The van der Waals surface area contributed by atoms with Gasteiger partial charge in [-0.15, -0.1) is 0 Å². The fourth-order valence-electron chi connectivity index (χ4n) is 3.60. The van der Waals surface area contributed by atoms with Gasteiger partial charge in [-0.3, -0.25) is 0 Å². The molecule has 2 rings (SSSR count). The first-order chi connectivity index (χ1) is 5.53. The smallest absolute Gasteiger partial charge is 0.0492 e. The van der Waals surface area contributed by atoms with E-state index < -0.39 is 0 Å². The van der Waals surface area contributed by atoms with Gasteiger partial charge < -0.3 is 5.11 Å². The summed E-state index contributed by atoms with van der Waals surface area (Å²) in [4.78, 5) is 0. The first-order valence-corrected chi connectivity index (χ1v) is 5.14. The lowest BCUT2D eigenvalue weighted by atomic mass is 9.61. The van der Waals surface area contributed by atoms with Crippen LogP contribution in [0.1, 0.15) is 40.0 Å². The minimum atomic E-state index is 0.275. The van der Waals surface area contributed by atoms with Crippen LogP contribution in [0.3, 0.4) is 0 Å². The third kappa shape index (κ3) is 0.736. The van der Waals surface area contributed by atoms with Crippen LogP contribution >= 0.6 is 0 Å². The monoisotopic (exact) mass is 168 g/mol. The third-order valence-electron chi connectivity index (χ3n) is 5.16. The Labute approximate surface area is 75.2 Å². The van der Waals surface area contributed by atoms with Gasteiger partial charge in [-0.1, -0.05) is 20.8 Å². The summed E-state index contributed by atoms with van der Waals surface area (Å²) in [5.74, 6) is 1.70. The standard InChI is InChI=1S/C11H20O/c1-8-9-4-5-11(6-9,7-12)10(8,2)3/h8-9,12H,4-7H2,1-3H3. The Morgan fingerprint density at radius 3 is 2.42 bits per heavy atom. The normalized spacial score (nSPS) is 50.0. The predicted molar refractivity (Wildman–Crippen MR) is 49.8 cm³/mol. The van der Waals surface area contributed by atoms with Crippen LogP contribution in [-0.4, -0.2) is 11.7 Å². The zero-order chi connectivity index (χ0) is 8.98. The molecule has 0 heterocycles. The van der Waals surface area contributed by atoms with Crippen LogP contribution in [0.4, 0.5) is 0 Å². The van der Waals surface area contributed by atoms with E-state index in [2.05, 4.69) is 20.8 Å². The van der Waals surface area contributed by atoms with Gasteiger partial charge in [0.2, 0.25) is 0 Å². The van der Waals surface area contributed by atoms with Gasteiger partial charge in [-0.25, -0.2) is 0 Å². The van der Waals surface area contributed by atoms with Crippen molar-refractivity contribution in [2.45, 2.75) is 40.0 Å². The molecule has 70 valence electrons. The van der Waals surface area contributed by atoms with E-state index in [0.717, 1.165) is 11.8 Å². The Morgan fingerprint density at radius 2 is 2.08 bits per heavy atom. The van der Waals surface area contributed by atoms with Gasteiger partial charge >= 0.3 is 0 Å². The van der Waals surface area contributed by atoms with Gasteiger partial charge in [0.1, 0.15) is 0 Å². The number of hydrogen-bond acceptors (Lipinski definition) is 1. The highest BCUT2D eigenvalue weighted by Crippen LogP contribution is 2.66. The van der Waals surface area contributed by atoms with E-state index in [9.17, 15) is 5.11 Å². The Bertz CT molecular complexity index is 197. The maximum Gasteiger partial charge on any atom is 0.0492 e. The van der Waals surface area contributed by atoms with E-state index in [4.69, 9.17) is 0 Å². The van der Waals surface area contributed by atoms with Crippen LogP contribution in [0.5, 0.6) is 0 Å². The summed E-state index contributed by atoms with van der Waals surface area (Å²) in [6.07, 6.45) is 3.88. The quantitative estimate of drug-likeness (QED) is 0.637. The number of aliphatic hydroxyl groups excluding tert-OH is 1. The molecule has 0 spiro atoms. The molecule has 3 atom stereocenters. The molecule has 2 aliphatic carbocycles. The highest BCUT2D eigenvalue weighted by Gasteiger charge is 2.60. The molecule has 2 bridgehead atoms. The molecular formula is C11H20O. The third-order valence-corrected chi connectivity index (χ3v) is 5.16. The summed E-state index contributed by atoms with van der Waals surface area (Å²) < 4.78 is 0. The first-order valence-electron chi connectivity index (χ1n) is 5.14. The van der Waals surface area contributed by atoms with E-state index in [1.54, 1.807) is 0 Å². The second kappa shape index (κ2) is 2.25. The summed E-state index contributed by atoms with van der Waals surface area (Å²) in [7, 11) is 0. The molecule has 1 nitrogen and oxygen atoms in total. The fourth-order valence-corrected chi connectivity index (χ4v) is 3.60. The number of rotatable bonds is 1. The molecule has 1 heteroatoms. The maximum absolute atomic E-state index is 9.50. The molecule has 3 unspecified atom stereocenters. The van der Waals surface area contributed by atoms with Gasteiger partial charge in [0, 0.05) is 6.61 Å². The summed E-state index contributed by atoms with van der Waals surface area (Å²) in [6, 6.07) is 0. The van der Waals surface area contributed by atoms with Gasteiger partial charge in [-0.05, 0) is 41.9 Å². The molecule has 12 heavy (non-hydrogen) atoms. The Kier molecular flexibility index (Phi) is 1.61. The van der Waals surface area contributed by atoms with E-state index in [1.165, 1.54) is 19.3 Å². The van der Waals surface area contributed by atoms with Crippen LogP contribution < -0.4 is 0 Å². The van der Waals surface area contributed by atoms with E-state index in [-0.39, 0.29) is 5.41 Å². The minimum absolute atomic E-state index is 0.275. The lowest BCUT2D eigenvalue weighted by Crippen LogP contribution is -2.40. The van der Waals surface area contributed by atoms with Crippen molar-refractivity contribution in [3.63, 3.8) is 0 Å². The van der Waals surface area contributed by atoms with Crippen molar-refractivity contribution in [1.29, 1.82) is 0 Å². The van der Waals surface area contributed by atoms with Crippen LogP contribution in [0.2, 0.25) is 0 Å². The first kappa shape index (κ1) is 8.55. The number of hydrogen-bond donors (Lipinski definition) is 1. The van der Waals surface area contributed by atoms with Crippen LogP contribution in [0.25, 0.3) is 0 Å². The second-order valence-electron chi connectivity index (χ2n) is 5.45. The molecule has 0 aliphatic heterocycles. The Morgan fingerprint density at radius 1 is 1.42 bits per heavy atom. The molecule has 2 saturated carbocycles. The average molecular weight is 168 g/mol. The fraction of sp³-hybridized carbons (Fsp3) is 1.00. The van der Waals surface area contributed by atoms with E-state index in [0.29, 0.717) is 12.0 Å². The van der Waals surface area contributed by atoms with Crippen molar-refractivity contribution in [3.8, 4) is 0 Å². The number of aliphatic hydroxyl groups is 1. The molecule has 0 aromatic carbocycles. The molecule has 2 fully saturated rings. The van der Waals surface area contributed by atoms with Crippen molar-refractivity contribution in [2.24, 2.45) is 22.7 Å². The molecule has 2 aliphatic rings. The van der Waals surface area contributed by atoms with Crippen molar-refractivity contribution >= 4 is 0 Å². The van der Waals surface area contributed by atoms with Gasteiger partial charge in [0.05, 0.1) is 0 Å². The highest BCUT2D eigenvalue weighted by molar-refractivity contribution is 5.09. The van der Waals surface area contributed by atoms with E-state index in [1.807, 2.05) is 0 Å². The number of fused-ring (bicyclic) bond motifs is 2. The van der Waals surface area contributed by atoms with Gasteiger partial charge in [0.15, 0.2) is 0 Å². The zero-order valence-electron chi connectivity index (χ0n) is 8.43. The summed E-state index contributed by atoms with van der Waals surface area (Å²) in [6.45, 7) is 7.45. The average Bonchev–Trinajstić information content (AvgIpc) is 2.53. The lowest BCUT2D eigenvalue weighted by molar-refractivity contribution is -0.00440. The molecule has 0 saturated heterocycles. The summed E-state index contributed by atoms with van der Waals surface area (Å²) in [5.41, 5.74) is 0.641. The summed E-state index contributed by atoms with van der Waals surface area (Å²) >= 11 is 0. The molecular weight excluding hydrogens is 148 g/mol. The van der Waals surface area contributed by atoms with Crippen molar-refractivity contribution < 1.29 is 5.11 Å². The lowest BCUT2D eigenvalue weighted by Gasteiger charge is -2.44. The van der Waals surface area contributed by atoms with Gasteiger partial charge in [-0.2, -0.15) is 0 Å². The Hall–Kier alpha value is -0.0400. The SMILES string of the molecule is CC1C2CCC(CO)(C2)C1(C)C. The topological polar surface area (TPSA) is 20.2 Å². The maximum atomic E-state index is 9.50. The second-order valence-corrected chi connectivity index (χ2v) is 5.45. The predicted octanol–water partition coefficient (Wildman–Crippen LogP) is 2.44. The van der Waals surface area contributed by atoms with Crippen molar-refractivity contribution in [1.82, 2.24) is 0 Å². The van der Waals surface area contributed by atoms with E-state index >= 15 is 0 Å². The zero-order valence-corrected chi connectivity index (χ0v) is 8.43. The largest absolute Gasteiger partial charge is 0.396 e. The molecule has 0 radical (unpaired) electrons. The Balaban J connectivity index is 2.35. The molecule has 1 N–H and O–H groups in total.